The molecule has 21 heavy (non-hydrogen) atoms. The van der Waals surface area contributed by atoms with E-state index in [9.17, 15) is 0 Å². The van der Waals surface area contributed by atoms with E-state index < -0.39 is 0 Å². The van der Waals surface area contributed by atoms with Crippen LogP contribution in [0.15, 0.2) is 28.8 Å². The van der Waals surface area contributed by atoms with Gasteiger partial charge in [0.25, 0.3) is 0 Å². The standard InChI is InChI=1S/C17H22N2O2/c1-11(2)9-15-18-16(21-19-15)13-10-17(3,4)20-14-8-6-5-7-12(13)14/h5-8,11,13H,9-10H2,1-4H3. The Morgan fingerprint density at radius 2 is 2.05 bits per heavy atom. The maximum atomic E-state index is 6.05. The van der Waals surface area contributed by atoms with Crippen LogP contribution in [-0.4, -0.2) is 15.7 Å². The lowest BCUT2D eigenvalue weighted by molar-refractivity contribution is 0.0725. The van der Waals surface area contributed by atoms with Gasteiger partial charge in [-0.25, -0.2) is 0 Å². The van der Waals surface area contributed by atoms with Crippen LogP contribution in [0, 0.1) is 5.92 Å². The van der Waals surface area contributed by atoms with Crippen molar-refractivity contribution in [2.75, 3.05) is 0 Å². The van der Waals surface area contributed by atoms with Crippen molar-refractivity contribution in [3.05, 3.63) is 41.5 Å². The van der Waals surface area contributed by atoms with Gasteiger partial charge in [-0.3, -0.25) is 0 Å². The van der Waals surface area contributed by atoms with Crippen molar-refractivity contribution >= 4 is 0 Å². The van der Waals surface area contributed by atoms with Gasteiger partial charge in [0.05, 0.1) is 5.92 Å². The smallest absolute Gasteiger partial charge is 0.234 e. The van der Waals surface area contributed by atoms with Crippen LogP contribution in [0.5, 0.6) is 5.75 Å². The second kappa shape index (κ2) is 5.17. The fourth-order valence-corrected chi connectivity index (χ4v) is 2.88. The number of hydrogen-bond donors (Lipinski definition) is 0. The van der Waals surface area contributed by atoms with E-state index in [1.807, 2.05) is 18.2 Å². The largest absolute Gasteiger partial charge is 0.488 e. The lowest BCUT2D eigenvalue weighted by atomic mass is 9.84. The summed E-state index contributed by atoms with van der Waals surface area (Å²) in [5.41, 5.74) is 0.905. The van der Waals surface area contributed by atoms with Gasteiger partial charge in [0.15, 0.2) is 5.82 Å². The molecule has 0 aliphatic carbocycles. The summed E-state index contributed by atoms with van der Waals surface area (Å²) in [6, 6.07) is 8.12. The Morgan fingerprint density at radius 3 is 2.81 bits per heavy atom. The van der Waals surface area contributed by atoms with Crippen molar-refractivity contribution in [1.82, 2.24) is 10.1 Å². The van der Waals surface area contributed by atoms with Crippen LogP contribution in [0.1, 0.15) is 57.3 Å². The Bertz CT molecular complexity index is 631. The molecule has 1 aliphatic rings. The van der Waals surface area contributed by atoms with Gasteiger partial charge in [-0.2, -0.15) is 4.98 Å². The maximum Gasteiger partial charge on any atom is 0.234 e. The molecular formula is C17H22N2O2. The van der Waals surface area contributed by atoms with E-state index in [0.29, 0.717) is 11.8 Å². The zero-order valence-electron chi connectivity index (χ0n) is 13.1. The molecule has 0 saturated carbocycles. The van der Waals surface area contributed by atoms with E-state index in [4.69, 9.17) is 9.26 Å². The summed E-state index contributed by atoms with van der Waals surface area (Å²) >= 11 is 0. The first-order valence-corrected chi connectivity index (χ1v) is 7.55. The van der Waals surface area contributed by atoms with Crippen molar-refractivity contribution in [1.29, 1.82) is 0 Å². The van der Waals surface area contributed by atoms with Crippen molar-refractivity contribution < 1.29 is 9.26 Å². The summed E-state index contributed by atoms with van der Waals surface area (Å²) in [5, 5.41) is 4.13. The number of rotatable bonds is 3. The SMILES string of the molecule is CC(C)Cc1noc(C2CC(C)(C)Oc3ccccc32)n1. The predicted molar refractivity (Wildman–Crippen MR) is 80.4 cm³/mol. The topological polar surface area (TPSA) is 48.2 Å². The van der Waals surface area contributed by atoms with Crippen LogP contribution >= 0.6 is 0 Å². The Morgan fingerprint density at radius 1 is 1.29 bits per heavy atom. The zero-order chi connectivity index (χ0) is 15.0. The normalized spacial score (nSPS) is 20.1. The van der Waals surface area contributed by atoms with Gasteiger partial charge >= 0.3 is 0 Å². The van der Waals surface area contributed by atoms with Crippen molar-refractivity contribution in [3.63, 3.8) is 0 Å². The third-order valence-electron chi connectivity index (χ3n) is 3.75. The first-order chi connectivity index (χ1) is 9.94. The van der Waals surface area contributed by atoms with Gasteiger partial charge in [-0.15, -0.1) is 0 Å². The Hall–Kier alpha value is -1.84. The molecule has 1 aliphatic heterocycles. The molecule has 1 aromatic heterocycles. The molecule has 112 valence electrons. The predicted octanol–water partition coefficient (Wildman–Crippen LogP) is 3.96. The molecule has 2 aromatic rings. The Labute approximate surface area is 125 Å². The molecule has 0 radical (unpaired) electrons. The fourth-order valence-electron chi connectivity index (χ4n) is 2.88. The fraction of sp³-hybridized carbons (Fsp3) is 0.529. The van der Waals surface area contributed by atoms with Crippen LogP contribution in [-0.2, 0) is 6.42 Å². The van der Waals surface area contributed by atoms with E-state index in [1.54, 1.807) is 0 Å². The number of ether oxygens (including phenoxy) is 1. The highest BCUT2D eigenvalue weighted by Crippen LogP contribution is 2.43. The monoisotopic (exact) mass is 286 g/mol. The Kier molecular flexibility index (Phi) is 3.47. The van der Waals surface area contributed by atoms with E-state index in [0.717, 1.165) is 30.0 Å². The second-order valence-corrected chi connectivity index (χ2v) is 6.80. The second-order valence-electron chi connectivity index (χ2n) is 6.80. The summed E-state index contributed by atoms with van der Waals surface area (Å²) in [5.74, 6) is 3.05. The highest BCUT2D eigenvalue weighted by Gasteiger charge is 2.37. The first kappa shape index (κ1) is 14.1. The van der Waals surface area contributed by atoms with Gasteiger partial charge in [-0.1, -0.05) is 37.2 Å². The minimum atomic E-state index is -0.230. The molecule has 1 atom stereocenters. The molecule has 0 saturated heterocycles. The molecular weight excluding hydrogens is 264 g/mol. The van der Waals surface area contributed by atoms with E-state index in [-0.39, 0.29) is 11.5 Å². The van der Waals surface area contributed by atoms with Gasteiger partial charge < -0.3 is 9.26 Å². The van der Waals surface area contributed by atoms with Crippen LogP contribution in [0.4, 0.5) is 0 Å². The quantitative estimate of drug-likeness (QED) is 0.857. The molecule has 1 unspecified atom stereocenters. The summed E-state index contributed by atoms with van der Waals surface area (Å²) in [6.45, 7) is 8.51. The average Bonchev–Trinajstić information content (AvgIpc) is 2.84. The van der Waals surface area contributed by atoms with E-state index in [1.165, 1.54) is 0 Å². The summed E-state index contributed by atoms with van der Waals surface area (Å²) < 4.78 is 11.6. The number of benzene rings is 1. The van der Waals surface area contributed by atoms with Crippen molar-refractivity contribution in [3.8, 4) is 5.75 Å². The van der Waals surface area contributed by atoms with Crippen LogP contribution in [0.2, 0.25) is 0 Å². The third-order valence-corrected chi connectivity index (χ3v) is 3.75. The minimum Gasteiger partial charge on any atom is -0.488 e. The summed E-state index contributed by atoms with van der Waals surface area (Å²) in [7, 11) is 0. The number of nitrogens with zero attached hydrogens (tertiary/aromatic N) is 2. The molecule has 4 heteroatoms. The average molecular weight is 286 g/mol. The number of para-hydroxylation sites is 1. The molecule has 0 spiro atoms. The lowest BCUT2D eigenvalue weighted by Gasteiger charge is -2.36. The van der Waals surface area contributed by atoms with E-state index >= 15 is 0 Å². The summed E-state index contributed by atoms with van der Waals surface area (Å²) in [4.78, 5) is 4.61. The summed E-state index contributed by atoms with van der Waals surface area (Å²) in [6.07, 6.45) is 1.69. The molecule has 0 fully saturated rings. The van der Waals surface area contributed by atoms with Crippen LogP contribution in [0.25, 0.3) is 0 Å². The third kappa shape index (κ3) is 2.94. The minimum absolute atomic E-state index is 0.110. The van der Waals surface area contributed by atoms with Crippen molar-refractivity contribution in [2.24, 2.45) is 5.92 Å². The first-order valence-electron chi connectivity index (χ1n) is 7.55. The Balaban J connectivity index is 1.96. The van der Waals surface area contributed by atoms with Crippen LogP contribution in [0.3, 0.4) is 0 Å². The molecule has 3 rings (SSSR count). The van der Waals surface area contributed by atoms with Gasteiger partial charge in [-0.05, 0) is 25.8 Å². The van der Waals surface area contributed by atoms with Crippen molar-refractivity contribution in [2.45, 2.75) is 52.1 Å². The molecule has 0 amide bonds. The zero-order valence-corrected chi connectivity index (χ0v) is 13.1. The molecule has 0 bridgehead atoms. The van der Waals surface area contributed by atoms with E-state index in [2.05, 4.69) is 43.9 Å². The highest BCUT2D eigenvalue weighted by molar-refractivity contribution is 5.41. The molecule has 2 heterocycles. The number of fused-ring (bicyclic) bond motifs is 1. The molecule has 0 N–H and O–H groups in total. The molecule has 1 aromatic carbocycles. The number of hydrogen-bond acceptors (Lipinski definition) is 4. The van der Waals surface area contributed by atoms with Gasteiger partial charge in [0.1, 0.15) is 11.4 Å². The number of aromatic nitrogens is 2. The highest BCUT2D eigenvalue weighted by atomic mass is 16.5. The lowest BCUT2D eigenvalue weighted by Crippen LogP contribution is -2.35. The van der Waals surface area contributed by atoms with Gasteiger partial charge in [0.2, 0.25) is 5.89 Å². The van der Waals surface area contributed by atoms with Crippen LogP contribution < -0.4 is 4.74 Å². The van der Waals surface area contributed by atoms with Gasteiger partial charge in [0, 0.05) is 18.4 Å². The molecule has 4 nitrogen and oxygen atoms in total. The maximum absolute atomic E-state index is 6.05.